The summed E-state index contributed by atoms with van der Waals surface area (Å²) in [5.74, 6) is -0.339. The van der Waals surface area contributed by atoms with E-state index in [1.807, 2.05) is 6.07 Å². The average molecular weight is 222 g/mol. The summed E-state index contributed by atoms with van der Waals surface area (Å²) in [7, 11) is 0. The van der Waals surface area contributed by atoms with Crippen molar-refractivity contribution in [2.24, 2.45) is 0 Å². The highest BCUT2D eigenvalue weighted by Gasteiger charge is 2.11. The van der Waals surface area contributed by atoms with E-state index < -0.39 is 0 Å². The summed E-state index contributed by atoms with van der Waals surface area (Å²) in [4.78, 5) is 17.4. The van der Waals surface area contributed by atoms with Crippen LogP contribution in [0.5, 0.6) is 0 Å². The van der Waals surface area contributed by atoms with Gasteiger partial charge in [0.1, 0.15) is 0 Å². The molecule has 78 valence electrons. The van der Waals surface area contributed by atoms with E-state index in [1.54, 1.807) is 19.1 Å². The van der Waals surface area contributed by atoms with Crippen LogP contribution in [-0.2, 0) is 4.74 Å². The monoisotopic (exact) mass is 222 g/mol. The van der Waals surface area contributed by atoms with Crippen LogP contribution in [0.4, 0.5) is 0 Å². The molecule has 1 aromatic carbocycles. The van der Waals surface area contributed by atoms with Crippen molar-refractivity contribution in [2.75, 3.05) is 6.61 Å². The number of benzene rings is 1. The molecule has 2 N–H and O–H groups in total. The molecule has 0 bridgehead atoms. The summed E-state index contributed by atoms with van der Waals surface area (Å²) < 4.78 is 5.44. The van der Waals surface area contributed by atoms with Gasteiger partial charge in [-0.3, -0.25) is 0 Å². The lowest BCUT2D eigenvalue weighted by Crippen LogP contribution is -2.05. The molecule has 1 aromatic heterocycles. The van der Waals surface area contributed by atoms with Crippen molar-refractivity contribution in [3.05, 3.63) is 28.5 Å². The molecule has 4 nitrogen and oxygen atoms in total. The number of fused-ring (bicyclic) bond motifs is 1. The SMILES string of the molecule is CCOC(=O)c1cccc2[nH]c(=S)[nH]c12. The molecule has 0 aliphatic rings. The second kappa shape index (κ2) is 3.86. The van der Waals surface area contributed by atoms with Gasteiger partial charge in [0.15, 0.2) is 4.77 Å². The minimum absolute atomic E-state index is 0.339. The Kier molecular flexibility index (Phi) is 2.55. The number of carbonyl (C=O) groups excluding carboxylic acids is 1. The molecule has 0 amide bonds. The molecule has 0 radical (unpaired) electrons. The Labute approximate surface area is 91.3 Å². The molecule has 0 spiro atoms. The summed E-state index contributed by atoms with van der Waals surface area (Å²) in [6.45, 7) is 2.14. The zero-order chi connectivity index (χ0) is 10.8. The number of rotatable bonds is 2. The summed E-state index contributed by atoms with van der Waals surface area (Å²) in [6, 6.07) is 5.34. The lowest BCUT2D eigenvalue weighted by Gasteiger charge is -2.01. The summed E-state index contributed by atoms with van der Waals surface area (Å²) in [6.07, 6.45) is 0. The van der Waals surface area contributed by atoms with E-state index in [0.29, 0.717) is 22.5 Å². The molecule has 15 heavy (non-hydrogen) atoms. The van der Waals surface area contributed by atoms with Gasteiger partial charge >= 0.3 is 5.97 Å². The number of hydrogen-bond acceptors (Lipinski definition) is 3. The van der Waals surface area contributed by atoms with Crippen molar-refractivity contribution in [1.82, 2.24) is 9.97 Å². The number of imidazole rings is 1. The molecule has 0 atom stereocenters. The molecular weight excluding hydrogens is 212 g/mol. The van der Waals surface area contributed by atoms with Crippen LogP contribution in [0.2, 0.25) is 0 Å². The standard InChI is InChI=1S/C10H10N2O2S/c1-2-14-9(13)6-4-3-5-7-8(6)12-10(15)11-7/h3-5H,2H2,1H3,(H2,11,12,15). The zero-order valence-corrected chi connectivity index (χ0v) is 8.98. The molecule has 0 unspecified atom stereocenters. The van der Waals surface area contributed by atoms with Gasteiger partial charge in [0.2, 0.25) is 0 Å². The predicted octanol–water partition coefficient (Wildman–Crippen LogP) is 2.40. The van der Waals surface area contributed by atoms with E-state index in [1.165, 1.54) is 0 Å². The number of nitrogens with one attached hydrogen (secondary N) is 2. The second-order valence-electron chi connectivity index (χ2n) is 3.03. The van der Waals surface area contributed by atoms with Gasteiger partial charge in [-0.2, -0.15) is 0 Å². The fourth-order valence-corrected chi connectivity index (χ4v) is 1.65. The van der Waals surface area contributed by atoms with Crippen molar-refractivity contribution in [3.63, 3.8) is 0 Å². The van der Waals surface area contributed by atoms with Crippen LogP contribution in [-0.4, -0.2) is 22.5 Å². The van der Waals surface area contributed by atoms with Gasteiger partial charge in [0.25, 0.3) is 0 Å². The van der Waals surface area contributed by atoms with E-state index in [-0.39, 0.29) is 5.97 Å². The predicted molar refractivity (Wildman–Crippen MR) is 59.4 cm³/mol. The quantitative estimate of drug-likeness (QED) is 0.606. The number of hydrogen-bond donors (Lipinski definition) is 2. The highest BCUT2D eigenvalue weighted by atomic mass is 32.1. The summed E-state index contributed by atoms with van der Waals surface area (Å²) in [5, 5.41) is 0. The minimum atomic E-state index is -0.339. The Bertz CT molecular complexity index is 556. The van der Waals surface area contributed by atoms with E-state index in [2.05, 4.69) is 9.97 Å². The molecule has 2 aromatic rings. The van der Waals surface area contributed by atoms with E-state index >= 15 is 0 Å². The Balaban J connectivity index is 2.60. The zero-order valence-electron chi connectivity index (χ0n) is 8.16. The highest BCUT2D eigenvalue weighted by Crippen LogP contribution is 2.16. The number of esters is 1. The van der Waals surface area contributed by atoms with Crippen LogP contribution < -0.4 is 0 Å². The van der Waals surface area contributed by atoms with Crippen LogP contribution in [0.25, 0.3) is 11.0 Å². The first-order valence-corrected chi connectivity index (χ1v) is 5.01. The maximum absolute atomic E-state index is 11.6. The third-order valence-corrected chi connectivity index (χ3v) is 2.25. The number of ether oxygens (including phenoxy) is 1. The van der Waals surface area contributed by atoms with Crippen LogP contribution in [0.15, 0.2) is 18.2 Å². The van der Waals surface area contributed by atoms with Gasteiger partial charge in [0, 0.05) is 0 Å². The molecule has 0 aliphatic heterocycles. The lowest BCUT2D eigenvalue weighted by atomic mass is 10.2. The molecule has 1 heterocycles. The van der Waals surface area contributed by atoms with Crippen LogP contribution >= 0.6 is 12.2 Å². The number of H-pyrrole nitrogens is 2. The second-order valence-corrected chi connectivity index (χ2v) is 3.44. The first-order chi connectivity index (χ1) is 7.22. The van der Waals surface area contributed by atoms with Gasteiger partial charge in [0.05, 0.1) is 23.2 Å². The van der Waals surface area contributed by atoms with Gasteiger partial charge in [-0.25, -0.2) is 4.79 Å². The fourth-order valence-electron chi connectivity index (χ4n) is 1.44. The molecule has 2 rings (SSSR count). The first-order valence-electron chi connectivity index (χ1n) is 4.60. The maximum Gasteiger partial charge on any atom is 0.340 e. The smallest absolute Gasteiger partial charge is 0.340 e. The highest BCUT2D eigenvalue weighted by molar-refractivity contribution is 7.71. The number of aromatic nitrogens is 2. The van der Waals surface area contributed by atoms with E-state index in [0.717, 1.165) is 5.52 Å². The van der Waals surface area contributed by atoms with Crippen molar-refractivity contribution >= 4 is 29.2 Å². The molecule has 0 saturated carbocycles. The third kappa shape index (κ3) is 1.78. The molecule has 0 aliphatic carbocycles. The Morgan fingerprint density at radius 3 is 3.00 bits per heavy atom. The third-order valence-electron chi connectivity index (χ3n) is 2.05. The summed E-state index contributed by atoms with van der Waals surface area (Å²) in [5.41, 5.74) is 2.01. The molecule has 5 heteroatoms. The fraction of sp³-hybridized carbons (Fsp3) is 0.200. The van der Waals surface area contributed by atoms with Crippen molar-refractivity contribution in [3.8, 4) is 0 Å². The normalized spacial score (nSPS) is 10.5. The molecule has 0 saturated heterocycles. The number of aromatic amines is 2. The van der Waals surface area contributed by atoms with Crippen LogP contribution in [0, 0.1) is 4.77 Å². The number of carbonyl (C=O) groups is 1. The van der Waals surface area contributed by atoms with Crippen molar-refractivity contribution < 1.29 is 9.53 Å². The maximum atomic E-state index is 11.6. The van der Waals surface area contributed by atoms with Crippen LogP contribution in [0.1, 0.15) is 17.3 Å². The Morgan fingerprint density at radius 2 is 2.27 bits per heavy atom. The Morgan fingerprint density at radius 1 is 1.47 bits per heavy atom. The van der Waals surface area contributed by atoms with Gasteiger partial charge in [-0.05, 0) is 31.3 Å². The molecular formula is C10H10N2O2S. The van der Waals surface area contributed by atoms with Crippen molar-refractivity contribution in [2.45, 2.75) is 6.92 Å². The Hall–Kier alpha value is -1.62. The van der Waals surface area contributed by atoms with E-state index in [9.17, 15) is 4.79 Å². The van der Waals surface area contributed by atoms with Gasteiger partial charge in [-0.15, -0.1) is 0 Å². The van der Waals surface area contributed by atoms with Gasteiger partial charge < -0.3 is 14.7 Å². The van der Waals surface area contributed by atoms with Crippen LogP contribution in [0.3, 0.4) is 0 Å². The largest absolute Gasteiger partial charge is 0.462 e. The average Bonchev–Trinajstić information content (AvgIpc) is 2.57. The topological polar surface area (TPSA) is 57.9 Å². The summed E-state index contributed by atoms with van der Waals surface area (Å²) >= 11 is 4.96. The van der Waals surface area contributed by atoms with E-state index in [4.69, 9.17) is 17.0 Å². The first kappa shape index (κ1) is 9.92. The minimum Gasteiger partial charge on any atom is -0.462 e. The number of para-hydroxylation sites is 1. The lowest BCUT2D eigenvalue weighted by molar-refractivity contribution is 0.0528. The molecule has 0 fully saturated rings. The van der Waals surface area contributed by atoms with Gasteiger partial charge in [-0.1, -0.05) is 6.07 Å². The van der Waals surface area contributed by atoms with Crippen molar-refractivity contribution in [1.29, 1.82) is 0 Å².